The van der Waals surface area contributed by atoms with Crippen LogP contribution in [0.25, 0.3) is 0 Å². The van der Waals surface area contributed by atoms with Crippen molar-refractivity contribution in [3.05, 3.63) is 35.9 Å². The molecular weight excluding hydrogens is 240 g/mol. The lowest BCUT2D eigenvalue weighted by Crippen LogP contribution is -2.49. The van der Waals surface area contributed by atoms with E-state index in [0.29, 0.717) is 19.1 Å². The minimum atomic E-state index is -0.245. The van der Waals surface area contributed by atoms with E-state index in [4.69, 9.17) is 10.5 Å². The Labute approximate surface area is 114 Å². The highest BCUT2D eigenvalue weighted by molar-refractivity contribution is 5.68. The van der Waals surface area contributed by atoms with Crippen LogP contribution in [-0.4, -0.2) is 30.1 Å². The molecule has 0 spiro atoms. The molecule has 0 saturated carbocycles. The van der Waals surface area contributed by atoms with Crippen LogP contribution in [0.5, 0.6) is 0 Å². The van der Waals surface area contributed by atoms with Gasteiger partial charge in [0, 0.05) is 19.1 Å². The van der Waals surface area contributed by atoms with Gasteiger partial charge in [0.2, 0.25) is 0 Å². The van der Waals surface area contributed by atoms with Crippen molar-refractivity contribution in [1.82, 2.24) is 4.90 Å². The van der Waals surface area contributed by atoms with Crippen molar-refractivity contribution >= 4 is 6.09 Å². The molecule has 1 saturated heterocycles. The maximum atomic E-state index is 12.1. The number of amides is 1. The van der Waals surface area contributed by atoms with Gasteiger partial charge in [0.15, 0.2) is 0 Å². The smallest absolute Gasteiger partial charge is 0.410 e. The van der Waals surface area contributed by atoms with Crippen LogP contribution in [-0.2, 0) is 11.3 Å². The maximum absolute atomic E-state index is 12.1. The highest BCUT2D eigenvalue weighted by Crippen LogP contribution is 2.22. The fourth-order valence-corrected chi connectivity index (χ4v) is 2.48. The van der Waals surface area contributed by atoms with Gasteiger partial charge in [-0.15, -0.1) is 0 Å². The molecule has 1 aromatic carbocycles. The Kier molecular flexibility index (Phi) is 4.80. The van der Waals surface area contributed by atoms with Crippen LogP contribution in [0.1, 0.15) is 25.3 Å². The number of hydrogen-bond donors (Lipinski definition) is 1. The largest absolute Gasteiger partial charge is 0.445 e. The Hall–Kier alpha value is -1.55. The van der Waals surface area contributed by atoms with E-state index in [1.807, 2.05) is 30.3 Å². The van der Waals surface area contributed by atoms with Crippen molar-refractivity contribution in [2.75, 3.05) is 13.1 Å². The Morgan fingerprint density at radius 2 is 2.11 bits per heavy atom. The highest BCUT2D eigenvalue weighted by Gasteiger charge is 2.29. The van der Waals surface area contributed by atoms with Gasteiger partial charge in [0.05, 0.1) is 0 Å². The van der Waals surface area contributed by atoms with E-state index < -0.39 is 0 Å². The lowest BCUT2D eigenvalue weighted by molar-refractivity contribution is 0.0588. The molecule has 0 unspecified atom stereocenters. The molecule has 0 bridgehead atoms. The molecular formula is C15H22N2O2. The quantitative estimate of drug-likeness (QED) is 0.910. The topological polar surface area (TPSA) is 55.6 Å². The van der Waals surface area contributed by atoms with Crippen LogP contribution < -0.4 is 5.73 Å². The molecule has 0 aliphatic carbocycles. The van der Waals surface area contributed by atoms with E-state index in [1.165, 1.54) is 0 Å². The zero-order valence-corrected chi connectivity index (χ0v) is 11.4. The molecule has 1 aliphatic rings. The number of carbonyl (C=O) groups excluding carboxylic acids is 1. The number of rotatable bonds is 3. The summed E-state index contributed by atoms with van der Waals surface area (Å²) in [4.78, 5) is 13.9. The van der Waals surface area contributed by atoms with Crippen molar-refractivity contribution in [1.29, 1.82) is 0 Å². The van der Waals surface area contributed by atoms with E-state index in [-0.39, 0.29) is 12.1 Å². The molecule has 2 N–H and O–H groups in total. The van der Waals surface area contributed by atoms with Crippen molar-refractivity contribution in [2.24, 2.45) is 11.7 Å². The standard InChI is InChI=1S/C15H22N2O2/c1-12-7-8-14(9-16)17(10-12)15(18)19-11-13-5-3-2-4-6-13/h2-6,12,14H,7-11,16H2,1H3/t12-,14-/m0/s1. The Balaban J connectivity index is 1.90. The van der Waals surface area contributed by atoms with Crippen molar-refractivity contribution in [3.8, 4) is 0 Å². The summed E-state index contributed by atoms with van der Waals surface area (Å²) in [6.45, 7) is 3.73. The maximum Gasteiger partial charge on any atom is 0.410 e. The molecule has 1 fully saturated rings. The number of hydrogen-bond acceptors (Lipinski definition) is 3. The first-order chi connectivity index (χ1) is 9.20. The Bertz CT molecular complexity index is 408. The summed E-state index contributed by atoms with van der Waals surface area (Å²) < 4.78 is 5.38. The van der Waals surface area contributed by atoms with Gasteiger partial charge >= 0.3 is 6.09 Å². The molecule has 4 heteroatoms. The van der Waals surface area contributed by atoms with E-state index in [0.717, 1.165) is 24.9 Å². The molecule has 1 aliphatic heterocycles. The molecule has 1 heterocycles. The summed E-state index contributed by atoms with van der Waals surface area (Å²) >= 11 is 0. The van der Waals surface area contributed by atoms with Gasteiger partial charge in [-0.25, -0.2) is 4.79 Å². The minimum Gasteiger partial charge on any atom is -0.445 e. The molecule has 2 atom stereocenters. The first kappa shape index (κ1) is 13.9. The fourth-order valence-electron chi connectivity index (χ4n) is 2.48. The van der Waals surface area contributed by atoms with E-state index >= 15 is 0 Å². The molecule has 1 amide bonds. The van der Waals surface area contributed by atoms with Crippen molar-refractivity contribution in [3.63, 3.8) is 0 Å². The van der Waals surface area contributed by atoms with E-state index in [2.05, 4.69) is 6.92 Å². The molecule has 0 aromatic heterocycles. The number of ether oxygens (including phenoxy) is 1. The molecule has 4 nitrogen and oxygen atoms in total. The third kappa shape index (κ3) is 3.70. The number of piperidine rings is 1. The summed E-state index contributed by atoms with van der Waals surface area (Å²) in [6.07, 6.45) is 1.86. The Morgan fingerprint density at radius 3 is 2.79 bits per heavy atom. The second-order valence-corrected chi connectivity index (χ2v) is 5.26. The van der Waals surface area contributed by atoms with Gasteiger partial charge in [-0.05, 0) is 24.3 Å². The summed E-state index contributed by atoms with van der Waals surface area (Å²) in [7, 11) is 0. The number of benzene rings is 1. The summed E-state index contributed by atoms with van der Waals surface area (Å²) in [6, 6.07) is 9.85. The van der Waals surface area contributed by atoms with Gasteiger partial charge in [0.25, 0.3) is 0 Å². The predicted octanol–water partition coefficient (Wildman–Crippen LogP) is 2.38. The Morgan fingerprint density at radius 1 is 1.37 bits per heavy atom. The predicted molar refractivity (Wildman–Crippen MR) is 74.6 cm³/mol. The molecule has 104 valence electrons. The van der Waals surface area contributed by atoms with E-state index in [9.17, 15) is 4.79 Å². The second kappa shape index (κ2) is 6.57. The lowest BCUT2D eigenvalue weighted by Gasteiger charge is -2.37. The number of likely N-dealkylation sites (tertiary alicyclic amines) is 1. The van der Waals surface area contributed by atoms with Gasteiger partial charge < -0.3 is 15.4 Å². The van der Waals surface area contributed by atoms with Crippen LogP contribution in [0.2, 0.25) is 0 Å². The summed E-state index contributed by atoms with van der Waals surface area (Å²) in [5, 5.41) is 0. The summed E-state index contributed by atoms with van der Waals surface area (Å²) in [5.74, 6) is 0.520. The monoisotopic (exact) mass is 262 g/mol. The second-order valence-electron chi connectivity index (χ2n) is 5.26. The molecule has 0 radical (unpaired) electrons. The van der Waals surface area contributed by atoms with Gasteiger partial charge in [-0.2, -0.15) is 0 Å². The average Bonchev–Trinajstić information content (AvgIpc) is 2.46. The van der Waals surface area contributed by atoms with Crippen molar-refractivity contribution in [2.45, 2.75) is 32.4 Å². The van der Waals surface area contributed by atoms with Crippen LogP contribution in [0, 0.1) is 5.92 Å². The van der Waals surface area contributed by atoms with Gasteiger partial charge in [-0.1, -0.05) is 37.3 Å². The molecule has 19 heavy (non-hydrogen) atoms. The molecule has 1 aromatic rings. The van der Waals surface area contributed by atoms with E-state index in [1.54, 1.807) is 4.90 Å². The number of nitrogens with zero attached hydrogens (tertiary/aromatic N) is 1. The van der Waals surface area contributed by atoms with Gasteiger partial charge in [-0.3, -0.25) is 0 Å². The first-order valence-electron chi connectivity index (χ1n) is 6.88. The average molecular weight is 262 g/mol. The van der Waals surface area contributed by atoms with Crippen LogP contribution in [0.3, 0.4) is 0 Å². The zero-order chi connectivity index (χ0) is 13.7. The third-order valence-electron chi connectivity index (χ3n) is 3.65. The summed E-state index contributed by atoms with van der Waals surface area (Å²) in [5.41, 5.74) is 6.74. The van der Waals surface area contributed by atoms with Crippen molar-refractivity contribution < 1.29 is 9.53 Å². The molecule has 2 rings (SSSR count). The zero-order valence-electron chi connectivity index (χ0n) is 11.4. The van der Waals surface area contributed by atoms with Crippen LogP contribution in [0.15, 0.2) is 30.3 Å². The number of carbonyl (C=O) groups is 1. The minimum absolute atomic E-state index is 0.125. The third-order valence-corrected chi connectivity index (χ3v) is 3.65. The fraction of sp³-hybridized carbons (Fsp3) is 0.533. The normalized spacial score (nSPS) is 23.2. The highest BCUT2D eigenvalue weighted by atomic mass is 16.6. The lowest BCUT2D eigenvalue weighted by atomic mass is 9.95. The SMILES string of the molecule is C[C@H]1CC[C@@H](CN)N(C(=O)OCc2ccccc2)C1. The number of nitrogens with two attached hydrogens (primary N) is 1. The van der Waals surface area contributed by atoms with Crippen LogP contribution >= 0.6 is 0 Å². The van der Waals surface area contributed by atoms with Gasteiger partial charge in [0.1, 0.15) is 6.61 Å². The first-order valence-corrected chi connectivity index (χ1v) is 6.88. The van der Waals surface area contributed by atoms with Crippen LogP contribution in [0.4, 0.5) is 4.79 Å².